The Morgan fingerprint density at radius 1 is 1.08 bits per heavy atom. The zero-order chi connectivity index (χ0) is 17.4. The van der Waals surface area contributed by atoms with Crippen molar-refractivity contribution in [2.45, 2.75) is 69.7 Å². The number of rotatable bonds is 4. The van der Waals surface area contributed by atoms with Gasteiger partial charge in [-0.25, -0.2) is 13.4 Å². The van der Waals surface area contributed by atoms with E-state index in [-0.39, 0.29) is 11.3 Å². The summed E-state index contributed by atoms with van der Waals surface area (Å²) in [4.78, 5) is 4.63. The molecule has 0 amide bonds. The van der Waals surface area contributed by atoms with Gasteiger partial charge >= 0.3 is 0 Å². The highest BCUT2D eigenvalue weighted by Gasteiger charge is 2.39. The van der Waals surface area contributed by atoms with E-state index in [1.807, 2.05) is 29.4 Å². The first-order valence-corrected chi connectivity index (χ1v) is 11.0. The van der Waals surface area contributed by atoms with E-state index in [0.717, 1.165) is 55.4 Å². The van der Waals surface area contributed by atoms with Crippen LogP contribution in [0.1, 0.15) is 50.8 Å². The van der Waals surface area contributed by atoms with E-state index in [1.165, 1.54) is 6.42 Å². The van der Waals surface area contributed by atoms with Crippen LogP contribution in [-0.4, -0.2) is 40.1 Å². The Labute approximate surface area is 150 Å². The Balaban J connectivity index is 1.60. The number of aromatic nitrogens is 2. The second kappa shape index (κ2) is 6.72. The zero-order valence-electron chi connectivity index (χ0n) is 14.9. The maximum atomic E-state index is 13.2. The molecule has 1 aromatic heterocycles. The highest BCUT2D eigenvalue weighted by atomic mass is 32.2. The van der Waals surface area contributed by atoms with Crippen molar-refractivity contribution < 1.29 is 8.42 Å². The van der Waals surface area contributed by atoms with Gasteiger partial charge in [0.05, 0.1) is 16.3 Å². The zero-order valence-corrected chi connectivity index (χ0v) is 15.7. The van der Waals surface area contributed by atoms with Gasteiger partial charge in [0.15, 0.2) is 0 Å². The molecule has 4 rings (SSSR count). The predicted molar refractivity (Wildman–Crippen MR) is 100.0 cm³/mol. The number of imidazole rings is 1. The first kappa shape index (κ1) is 17.0. The van der Waals surface area contributed by atoms with Gasteiger partial charge in [-0.05, 0) is 44.7 Å². The fraction of sp³-hybridized carbons (Fsp3) is 0.632. The van der Waals surface area contributed by atoms with E-state index < -0.39 is 10.0 Å². The van der Waals surface area contributed by atoms with E-state index in [1.54, 1.807) is 0 Å². The molecule has 1 aromatic carbocycles. The predicted octanol–water partition coefficient (Wildman–Crippen LogP) is 3.47. The number of hydrogen-bond acceptors (Lipinski definition) is 3. The van der Waals surface area contributed by atoms with Crippen molar-refractivity contribution in [1.82, 2.24) is 13.9 Å². The van der Waals surface area contributed by atoms with Crippen molar-refractivity contribution in [3.8, 4) is 0 Å². The fourth-order valence-electron chi connectivity index (χ4n) is 4.52. The summed E-state index contributed by atoms with van der Waals surface area (Å²) in [5, 5.41) is -0.164. The summed E-state index contributed by atoms with van der Waals surface area (Å²) in [6.45, 7) is 3.39. The third-order valence-electron chi connectivity index (χ3n) is 5.86. The number of para-hydroxylation sites is 2. The number of aryl methyl sites for hydroxylation is 1. The first-order valence-electron chi connectivity index (χ1n) is 9.50. The molecule has 1 unspecified atom stereocenters. The van der Waals surface area contributed by atoms with Gasteiger partial charge in [0.1, 0.15) is 5.82 Å². The average Bonchev–Trinajstić information content (AvgIpc) is 3.21. The number of benzene rings is 1. The third kappa shape index (κ3) is 3.10. The minimum atomic E-state index is -3.18. The Hall–Kier alpha value is -1.40. The van der Waals surface area contributed by atoms with Crippen LogP contribution in [-0.2, 0) is 16.6 Å². The molecular formula is C19H27N3O2S. The summed E-state index contributed by atoms with van der Waals surface area (Å²) in [6.07, 6.45) is 6.84. The normalized spacial score (nSPS) is 23.5. The van der Waals surface area contributed by atoms with Crippen molar-refractivity contribution >= 4 is 21.1 Å². The lowest BCUT2D eigenvalue weighted by Gasteiger charge is -2.31. The highest BCUT2D eigenvalue weighted by molar-refractivity contribution is 7.89. The molecule has 1 aliphatic carbocycles. The quantitative estimate of drug-likeness (QED) is 0.838. The molecule has 0 N–H and O–H groups in total. The van der Waals surface area contributed by atoms with E-state index in [4.69, 9.17) is 0 Å². The monoisotopic (exact) mass is 361 g/mol. The second-order valence-corrected chi connectivity index (χ2v) is 9.64. The summed E-state index contributed by atoms with van der Waals surface area (Å²) in [5.74, 6) is 0.961. The third-order valence-corrected chi connectivity index (χ3v) is 8.31. The minimum absolute atomic E-state index is 0.0585. The van der Waals surface area contributed by atoms with Crippen molar-refractivity contribution in [1.29, 1.82) is 0 Å². The van der Waals surface area contributed by atoms with Crippen LogP contribution in [0.2, 0.25) is 0 Å². The molecule has 2 heterocycles. The van der Waals surface area contributed by atoms with E-state index in [9.17, 15) is 8.42 Å². The van der Waals surface area contributed by atoms with E-state index >= 15 is 0 Å². The van der Waals surface area contributed by atoms with Crippen molar-refractivity contribution in [2.75, 3.05) is 6.54 Å². The van der Waals surface area contributed by atoms with Crippen LogP contribution >= 0.6 is 0 Å². The van der Waals surface area contributed by atoms with Gasteiger partial charge in [-0.2, -0.15) is 4.31 Å². The number of nitrogens with zero attached hydrogens (tertiary/aromatic N) is 3. The Morgan fingerprint density at radius 3 is 2.64 bits per heavy atom. The molecule has 1 saturated carbocycles. The lowest BCUT2D eigenvalue weighted by Crippen LogP contribution is -2.44. The SMILES string of the molecule is Cc1nc2ccccc2n1CC1CCCN1S(=O)(=O)C1CCCCC1. The lowest BCUT2D eigenvalue weighted by molar-refractivity contribution is 0.340. The van der Waals surface area contributed by atoms with Gasteiger partial charge in [-0.15, -0.1) is 0 Å². The Bertz CT molecular complexity index is 853. The van der Waals surface area contributed by atoms with Gasteiger partial charge in [-0.1, -0.05) is 31.4 Å². The molecule has 136 valence electrons. The van der Waals surface area contributed by atoms with Gasteiger partial charge in [0.2, 0.25) is 10.0 Å². The largest absolute Gasteiger partial charge is 0.327 e. The smallest absolute Gasteiger partial charge is 0.217 e. The average molecular weight is 362 g/mol. The maximum absolute atomic E-state index is 13.2. The van der Waals surface area contributed by atoms with E-state index in [2.05, 4.69) is 15.6 Å². The van der Waals surface area contributed by atoms with Gasteiger partial charge < -0.3 is 4.57 Å². The highest BCUT2D eigenvalue weighted by Crippen LogP contribution is 2.32. The van der Waals surface area contributed by atoms with Crippen LogP contribution in [0.5, 0.6) is 0 Å². The molecule has 2 aromatic rings. The molecule has 0 spiro atoms. The second-order valence-electron chi connectivity index (χ2n) is 7.47. The topological polar surface area (TPSA) is 55.2 Å². The van der Waals surface area contributed by atoms with Crippen LogP contribution in [0.4, 0.5) is 0 Å². The van der Waals surface area contributed by atoms with Gasteiger partial charge in [0.25, 0.3) is 0 Å². The van der Waals surface area contributed by atoms with Crippen LogP contribution in [0.25, 0.3) is 11.0 Å². The van der Waals surface area contributed by atoms with E-state index in [0.29, 0.717) is 13.1 Å². The molecule has 6 heteroatoms. The number of hydrogen-bond donors (Lipinski definition) is 0. The summed E-state index contributed by atoms with van der Waals surface area (Å²) in [5.41, 5.74) is 2.08. The molecule has 2 aliphatic rings. The van der Waals surface area contributed by atoms with Crippen LogP contribution in [0.3, 0.4) is 0 Å². The van der Waals surface area contributed by atoms with Crippen molar-refractivity contribution in [3.63, 3.8) is 0 Å². The summed E-state index contributed by atoms with van der Waals surface area (Å²) in [7, 11) is -3.18. The molecule has 25 heavy (non-hydrogen) atoms. The minimum Gasteiger partial charge on any atom is -0.327 e. The number of sulfonamides is 1. The Kier molecular flexibility index (Phi) is 4.58. The molecule has 0 radical (unpaired) electrons. The molecular weight excluding hydrogens is 334 g/mol. The van der Waals surface area contributed by atoms with Crippen LogP contribution < -0.4 is 0 Å². The maximum Gasteiger partial charge on any atom is 0.217 e. The Morgan fingerprint density at radius 2 is 1.84 bits per heavy atom. The summed E-state index contributed by atoms with van der Waals surface area (Å²) < 4.78 is 30.4. The summed E-state index contributed by atoms with van der Waals surface area (Å²) >= 11 is 0. The molecule has 1 aliphatic heterocycles. The van der Waals surface area contributed by atoms with Gasteiger partial charge in [0, 0.05) is 19.1 Å². The molecule has 1 saturated heterocycles. The van der Waals surface area contributed by atoms with Crippen molar-refractivity contribution in [2.24, 2.45) is 0 Å². The van der Waals surface area contributed by atoms with Gasteiger partial charge in [-0.3, -0.25) is 0 Å². The van der Waals surface area contributed by atoms with Crippen LogP contribution in [0.15, 0.2) is 24.3 Å². The molecule has 0 bridgehead atoms. The van der Waals surface area contributed by atoms with Crippen molar-refractivity contribution in [3.05, 3.63) is 30.1 Å². The lowest BCUT2D eigenvalue weighted by atomic mass is 10.0. The van der Waals surface area contributed by atoms with Crippen LogP contribution in [0, 0.1) is 6.92 Å². The fourth-order valence-corrected chi connectivity index (χ4v) is 6.80. The standard InChI is InChI=1S/C19H27N3O2S/c1-15-20-18-11-5-6-12-19(18)21(15)14-16-8-7-13-22(16)25(23,24)17-9-3-2-4-10-17/h5-6,11-12,16-17H,2-4,7-10,13-14H2,1H3. The first-order chi connectivity index (χ1) is 12.1. The molecule has 1 atom stereocenters. The summed E-state index contributed by atoms with van der Waals surface area (Å²) in [6, 6.07) is 8.16. The number of fused-ring (bicyclic) bond motifs is 1. The molecule has 2 fully saturated rings. The molecule has 5 nitrogen and oxygen atoms in total.